The lowest BCUT2D eigenvalue weighted by Crippen LogP contribution is -2.54. The summed E-state index contributed by atoms with van der Waals surface area (Å²) in [6.45, 7) is 4.00. The van der Waals surface area contributed by atoms with Crippen molar-refractivity contribution in [2.45, 2.75) is 63.7 Å². The van der Waals surface area contributed by atoms with Gasteiger partial charge in [0.05, 0.1) is 10.7 Å². The molecule has 1 aromatic carbocycles. The van der Waals surface area contributed by atoms with Crippen molar-refractivity contribution < 1.29 is 33.4 Å². The summed E-state index contributed by atoms with van der Waals surface area (Å²) in [5.74, 6) is -1.34. The fraction of sp³-hybridized carbons (Fsp3) is 0.545. The number of carbonyl (C=O) groups excluding carboxylic acids is 4. The van der Waals surface area contributed by atoms with Gasteiger partial charge in [-0.2, -0.15) is 0 Å². The second-order valence-corrected chi connectivity index (χ2v) is 9.47. The third kappa shape index (κ3) is 8.24. The normalized spacial score (nSPS) is 15.5. The maximum atomic E-state index is 12.7. The van der Waals surface area contributed by atoms with Gasteiger partial charge < -0.3 is 19.5 Å². The Bertz CT molecular complexity index is 775. The molecule has 31 heavy (non-hydrogen) atoms. The van der Waals surface area contributed by atoms with E-state index in [0.717, 1.165) is 32.1 Å². The van der Waals surface area contributed by atoms with Crippen LogP contribution in [-0.4, -0.2) is 40.7 Å². The van der Waals surface area contributed by atoms with Gasteiger partial charge in [-0.1, -0.05) is 37.5 Å². The second-order valence-electron chi connectivity index (χ2n) is 7.88. The number of hydrogen-bond acceptors (Lipinski definition) is 8. The lowest BCUT2D eigenvalue weighted by atomic mass is 9.89. The molecule has 170 valence electrons. The second kappa shape index (κ2) is 11.7. The predicted octanol–water partition coefficient (Wildman–Crippen LogP) is 3.83. The molecular formula is C22H29NO7S. The lowest BCUT2D eigenvalue weighted by molar-refractivity contribution is -0.157. The van der Waals surface area contributed by atoms with Gasteiger partial charge in [-0.25, -0.2) is 9.59 Å². The predicted molar refractivity (Wildman–Crippen MR) is 115 cm³/mol. The highest BCUT2D eigenvalue weighted by Gasteiger charge is 2.40. The molecule has 0 heterocycles. The van der Waals surface area contributed by atoms with Gasteiger partial charge in [0.2, 0.25) is 12.7 Å². The van der Waals surface area contributed by atoms with E-state index >= 15 is 0 Å². The molecule has 0 bridgehead atoms. The largest absolute Gasteiger partial charge is 0.428 e. The number of hydrogen-bond donors (Lipinski definition) is 1. The van der Waals surface area contributed by atoms with E-state index < -0.39 is 34.8 Å². The minimum Gasteiger partial charge on any atom is -0.428 e. The molecule has 8 nitrogen and oxygen atoms in total. The molecule has 1 N–H and O–H groups in total. The first kappa shape index (κ1) is 24.7. The fourth-order valence-electron chi connectivity index (χ4n) is 3.28. The van der Waals surface area contributed by atoms with Crippen molar-refractivity contribution in [3.05, 3.63) is 30.3 Å². The molecule has 1 atom stereocenters. The van der Waals surface area contributed by atoms with Crippen LogP contribution in [0.2, 0.25) is 0 Å². The van der Waals surface area contributed by atoms with Crippen molar-refractivity contribution in [1.82, 2.24) is 5.32 Å². The molecule has 0 aliphatic heterocycles. The SMILES string of the molecule is CC(=O)N[C@@H](C(=O)Oc1ccccc1)C(C)(C)SC(=O)OCOC(=O)C1CCCCC1. The molecule has 1 amide bonds. The summed E-state index contributed by atoms with van der Waals surface area (Å²) in [5, 5.41) is 1.80. The van der Waals surface area contributed by atoms with E-state index in [2.05, 4.69) is 5.32 Å². The summed E-state index contributed by atoms with van der Waals surface area (Å²) in [6, 6.07) is 7.30. The minimum atomic E-state index is -1.12. The van der Waals surface area contributed by atoms with Gasteiger partial charge in [-0.05, 0) is 50.6 Å². The smallest absolute Gasteiger partial charge is 0.370 e. The molecule has 0 unspecified atom stereocenters. The van der Waals surface area contributed by atoms with Crippen LogP contribution >= 0.6 is 11.8 Å². The van der Waals surface area contributed by atoms with E-state index in [0.29, 0.717) is 17.5 Å². The Hall–Kier alpha value is -2.55. The van der Waals surface area contributed by atoms with E-state index in [1.807, 2.05) is 0 Å². The Morgan fingerprint density at radius 3 is 2.32 bits per heavy atom. The van der Waals surface area contributed by atoms with Crippen LogP contribution in [-0.2, 0) is 23.9 Å². The number of benzene rings is 1. The average Bonchev–Trinajstić information content (AvgIpc) is 2.72. The maximum absolute atomic E-state index is 12.7. The van der Waals surface area contributed by atoms with Crippen LogP contribution in [0, 0.1) is 5.92 Å². The van der Waals surface area contributed by atoms with Crippen LogP contribution in [0.25, 0.3) is 0 Å². The molecule has 1 fully saturated rings. The molecule has 1 aromatic rings. The zero-order valence-electron chi connectivity index (χ0n) is 18.1. The quantitative estimate of drug-likeness (QED) is 0.361. The Morgan fingerprint density at radius 2 is 1.71 bits per heavy atom. The highest BCUT2D eigenvalue weighted by atomic mass is 32.2. The van der Waals surface area contributed by atoms with Crippen LogP contribution in [0.4, 0.5) is 4.79 Å². The van der Waals surface area contributed by atoms with Gasteiger partial charge >= 0.3 is 17.2 Å². The number of esters is 2. The highest BCUT2D eigenvalue weighted by molar-refractivity contribution is 8.14. The molecule has 1 aliphatic carbocycles. The number of nitrogens with one attached hydrogen (secondary N) is 1. The number of carbonyl (C=O) groups is 4. The van der Waals surface area contributed by atoms with Gasteiger partial charge in [-0.3, -0.25) is 9.59 Å². The van der Waals surface area contributed by atoms with E-state index in [-0.39, 0.29) is 11.9 Å². The van der Waals surface area contributed by atoms with Crippen LogP contribution in [0.5, 0.6) is 5.75 Å². The van der Waals surface area contributed by atoms with Gasteiger partial charge in [0.25, 0.3) is 0 Å². The first-order chi connectivity index (χ1) is 14.7. The number of ether oxygens (including phenoxy) is 3. The first-order valence-corrected chi connectivity index (χ1v) is 11.1. The van der Waals surface area contributed by atoms with Crippen molar-refractivity contribution in [2.75, 3.05) is 6.79 Å². The Morgan fingerprint density at radius 1 is 1.06 bits per heavy atom. The zero-order valence-corrected chi connectivity index (χ0v) is 18.9. The number of rotatable bonds is 8. The van der Waals surface area contributed by atoms with Crippen LogP contribution < -0.4 is 10.1 Å². The average molecular weight is 452 g/mol. The van der Waals surface area contributed by atoms with Crippen molar-refractivity contribution >= 4 is 34.9 Å². The van der Waals surface area contributed by atoms with Crippen molar-refractivity contribution in [1.29, 1.82) is 0 Å². The summed E-state index contributed by atoms with van der Waals surface area (Å²) >= 11 is 0.710. The fourth-order valence-corrected chi connectivity index (χ4v) is 4.09. The number of thioether (sulfide) groups is 1. The molecule has 2 rings (SSSR count). The molecule has 9 heteroatoms. The summed E-state index contributed by atoms with van der Waals surface area (Å²) in [7, 11) is 0. The molecule has 0 saturated heterocycles. The monoisotopic (exact) mass is 451 g/mol. The maximum Gasteiger partial charge on any atom is 0.370 e. The van der Waals surface area contributed by atoms with Crippen LogP contribution in [0.3, 0.4) is 0 Å². The van der Waals surface area contributed by atoms with Crippen LogP contribution in [0.15, 0.2) is 30.3 Å². The van der Waals surface area contributed by atoms with Gasteiger partial charge in [0.15, 0.2) is 0 Å². The van der Waals surface area contributed by atoms with Crippen molar-refractivity contribution in [3.63, 3.8) is 0 Å². The Labute approximate surface area is 186 Å². The molecule has 0 radical (unpaired) electrons. The minimum absolute atomic E-state index is 0.145. The number of para-hydroxylation sites is 1. The third-order valence-corrected chi connectivity index (χ3v) is 5.95. The van der Waals surface area contributed by atoms with Gasteiger partial charge in [0.1, 0.15) is 11.8 Å². The Balaban J connectivity index is 1.90. The number of amides is 1. The van der Waals surface area contributed by atoms with Crippen molar-refractivity contribution in [2.24, 2.45) is 5.92 Å². The molecule has 0 aromatic heterocycles. The van der Waals surface area contributed by atoms with Gasteiger partial charge in [0, 0.05) is 6.92 Å². The standard InChI is InChI=1S/C22H29NO7S/c1-15(24)23-18(20(26)30-17-12-8-5-9-13-17)22(2,3)31-21(27)29-14-28-19(25)16-10-6-4-7-11-16/h5,8-9,12-13,16,18H,4,6-7,10-11,14H2,1-3H3,(H,23,24)/t18-/m0/s1. The van der Waals surface area contributed by atoms with Crippen LogP contribution in [0.1, 0.15) is 52.9 Å². The van der Waals surface area contributed by atoms with E-state index in [1.54, 1.807) is 44.2 Å². The van der Waals surface area contributed by atoms with E-state index in [1.165, 1.54) is 6.92 Å². The highest BCUT2D eigenvalue weighted by Crippen LogP contribution is 2.31. The molecule has 0 spiro atoms. The van der Waals surface area contributed by atoms with E-state index in [9.17, 15) is 19.2 Å². The van der Waals surface area contributed by atoms with Gasteiger partial charge in [-0.15, -0.1) is 0 Å². The topological polar surface area (TPSA) is 108 Å². The van der Waals surface area contributed by atoms with Crippen molar-refractivity contribution in [3.8, 4) is 5.75 Å². The molecular weight excluding hydrogens is 422 g/mol. The molecule has 1 saturated carbocycles. The van der Waals surface area contributed by atoms with E-state index in [4.69, 9.17) is 14.2 Å². The Kier molecular flexibility index (Phi) is 9.36. The summed E-state index contributed by atoms with van der Waals surface area (Å²) in [6.07, 6.45) is 4.68. The lowest BCUT2D eigenvalue weighted by Gasteiger charge is -2.31. The zero-order chi connectivity index (χ0) is 22.9. The summed E-state index contributed by atoms with van der Waals surface area (Å²) < 4.78 is 14.3. The first-order valence-electron chi connectivity index (χ1n) is 10.3. The molecule has 1 aliphatic rings. The third-order valence-electron chi connectivity index (χ3n) is 4.90. The summed E-state index contributed by atoms with van der Waals surface area (Å²) in [4.78, 5) is 48.6. The summed E-state index contributed by atoms with van der Waals surface area (Å²) in [5.41, 5.74) is 0.